The number of hydrogen-bond donors (Lipinski definition) is 1. The summed E-state index contributed by atoms with van der Waals surface area (Å²) in [4.78, 5) is 17.5. The van der Waals surface area contributed by atoms with Crippen LogP contribution in [-0.2, 0) is 14.4 Å². The van der Waals surface area contributed by atoms with Gasteiger partial charge >= 0.3 is 0 Å². The zero-order valence-corrected chi connectivity index (χ0v) is 14.2. The fraction of sp³-hybridized carbons (Fsp3) is 0.556. The molecule has 0 bridgehead atoms. The lowest BCUT2D eigenvalue weighted by Crippen LogP contribution is -2.30. The van der Waals surface area contributed by atoms with Gasteiger partial charge in [-0.1, -0.05) is 5.16 Å². The van der Waals surface area contributed by atoms with Gasteiger partial charge < -0.3 is 24.4 Å². The molecule has 7 nitrogen and oxygen atoms in total. The number of amides is 1. The summed E-state index contributed by atoms with van der Waals surface area (Å²) < 4.78 is 16.5. The molecule has 3 aliphatic rings. The van der Waals surface area contributed by atoms with Crippen molar-refractivity contribution in [1.82, 2.24) is 5.32 Å². The van der Waals surface area contributed by atoms with Gasteiger partial charge in [0.2, 0.25) is 0 Å². The molecule has 1 amide bonds. The molecule has 2 fully saturated rings. The highest BCUT2D eigenvalue weighted by atomic mass is 16.7. The Hall–Kier alpha value is -2.28. The van der Waals surface area contributed by atoms with Crippen LogP contribution in [0.15, 0.2) is 23.4 Å². The highest BCUT2D eigenvalue weighted by molar-refractivity contribution is 6.02. The second-order valence-electron chi connectivity index (χ2n) is 6.79. The third-order valence-electron chi connectivity index (χ3n) is 4.70. The van der Waals surface area contributed by atoms with E-state index in [4.69, 9.17) is 19.0 Å². The summed E-state index contributed by atoms with van der Waals surface area (Å²) in [7, 11) is 1.58. The van der Waals surface area contributed by atoms with Crippen molar-refractivity contribution >= 4 is 11.6 Å². The molecule has 1 atom stereocenters. The Kier molecular flexibility index (Phi) is 4.25. The van der Waals surface area contributed by atoms with Gasteiger partial charge in [-0.3, -0.25) is 4.79 Å². The molecule has 25 heavy (non-hydrogen) atoms. The molecule has 1 aliphatic carbocycles. The predicted octanol–water partition coefficient (Wildman–Crippen LogP) is 1.64. The molecule has 0 aromatic heterocycles. The minimum atomic E-state index is -0.319. The maximum Gasteiger partial charge on any atom is 0.258 e. The standard InChI is InChI=1S/C18H22N2O5/c1-22-15-5-2-12(14-9-18(25-20-14)6-7-23-11-18)8-16(15)24-10-17(21)19-13-3-4-13/h2,5,8,13H,3-4,6-7,9-11H2,1H3,(H,19,21). The van der Waals surface area contributed by atoms with Crippen molar-refractivity contribution < 1.29 is 23.8 Å². The van der Waals surface area contributed by atoms with Crippen LogP contribution in [0.4, 0.5) is 0 Å². The molecule has 1 aromatic carbocycles. The molecule has 1 aromatic rings. The summed E-state index contributed by atoms with van der Waals surface area (Å²) in [5, 5.41) is 7.14. The number of carbonyl (C=O) groups is 1. The van der Waals surface area contributed by atoms with Crippen LogP contribution < -0.4 is 14.8 Å². The molecule has 1 unspecified atom stereocenters. The number of carbonyl (C=O) groups excluding carboxylic acids is 1. The summed E-state index contributed by atoms with van der Waals surface area (Å²) in [6.45, 7) is 1.24. The van der Waals surface area contributed by atoms with E-state index in [1.165, 1.54) is 0 Å². The fourth-order valence-electron chi connectivity index (χ4n) is 3.09. The lowest BCUT2D eigenvalue weighted by atomic mass is 9.93. The molecule has 1 N–H and O–H groups in total. The first-order chi connectivity index (χ1) is 12.2. The topological polar surface area (TPSA) is 78.4 Å². The molecular weight excluding hydrogens is 324 g/mol. The Bertz CT molecular complexity index is 693. The summed E-state index contributed by atoms with van der Waals surface area (Å²) in [5.74, 6) is 0.997. The first-order valence-electron chi connectivity index (χ1n) is 8.61. The molecule has 1 spiro atoms. The maximum absolute atomic E-state index is 11.8. The van der Waals surface area contributed by atoms with E-state index in [9.17, 15) is 4.79 Å². The Labute approximate surface area is 146 Å². The van der Waals surface area contributed by atoms with E-state index in [-0.39, 0.29) is 18.1 Å². The third kappa shape index (κ3) is 3.56. The van der Waals surface area contributed by atoms with Gasteiger partial charge in [-0.05, 0) is 31.0 Å². The van der Waals surface area contributed by atoms with Crippen LogP contribution in [0.2, 0.25) is 0 Å². The van der Waals surface area contributed by atoms with Crippen LogP contribution in [-0.4, -0.2) is 50.2 Å². The zero-order valence-electron chi connectivity index (χ0n) is 14.2. The minimum Gasteiger partial charge on any atom is -0.493 e. The number of oxime groups is 1. The van der Waals surface area contributed by atoms with Crippen molar-refractivity contribution in [3.63, 3.8) is 0 Å². The van der Waals surface area contributed by atoms with Crippen LogP contribution in [0.5, 0.6) is 11.5 Å². The van der Waals surface area contributed by atoms with Crippen molar-refractivity contribution in [3.8, 4) is 11.5 Å². The SMILES string of the molecule is COc1ccc(C2=NOC3(CCOC3)C2)cc1OCC(=O)NC1CC1. The molecule has 4 rings (SSSR count). The minimum absolute atomic E-state index is 0.0307. The van der Waals surface area contributed by atoms with Gasteiger partial charge in [-0.15, -0.1) is 0 Å². The summed E-state index contributed by atoms with van der Waals surface area (Å²) in [5.41, 5.74) is 1.45. The van der Waals surface area contributed by atoms with Crippen LogP contribution in [0, 0.1) is 0 Å². The normalized spacial score (nSPS) is 24.8. The summed E-state index contributed by atoms with van der Waals surface area (Å²) in [6, 6.07) is 5.91. The molecule has 7 heteroatoms. The highest BCUT2D eigenvalue weighted by Gasteiger charge is 2.43. The molecule has 0 radical (unpaired) electrons. The smallest absolute Gasteiger partial charge is 0.258 e. The average molecular weight is 346 g/mol. The van der Waals surface area contributed by atoms with Crippen LogP contribution >= 0.6 is 0 Å². The third-order valence-corrected chi connectivity index (χ3v) is 4.70. The van der Waals surface area contributed by atoms with Crippen molar-refractivity contribution in [2.45, 2.75) is 37.3 Å². The van der Waals surface area contributed by atoms with E-state index < -0.39 is 0 Å². The Morgan fingerprint density at radius 2 is 2.28 bits per heavy atom. The first-order valence-corrected chi connectivity index (χ1v) is 8.61. The summed E-state index contributed by atoms with van der Waals surface area (Å²) >= 11 is 0. The lowest BCUT2D eigenvalue weighted by Gasteiger charge is -2.17. The van der Waals surface area contributed by atoms with E-state index >= 15 is 0 Å². The van der Waals surface area contributed by atoms with Gasteiger partial charge in [-0.25, -0.2) is 0 Å². The zero-order chi connectivity index (χ0) is 17.3. The van der Waals surface area contributed by atoms with E-state index in [0.717, 1.165) is 30.5 Å². The number of ether oxygens (including phenoxy) is 3. The van der Waals surface area contributed by atoms with Crippen molar-refractivity contribution in [1.29, 1.82) is 0 Å². The predicted molar refractivity (Wildman–Crippen MR) is 90.1 cm³/mol. The second-order valence-corrected chi connectivity index (χ2v) is 6.79. The van der Waals surface area contributed by atoms with E-state index in [0.29, 0.717) is 37.2 Å². The highest BCUT2D eigenvalue weighted by Crippen LogP contribution is 2.36. The number of nitrogens with one attached hydrogen (secondary N) is 1. The van der Waals surface area contributed by atoms with Gasteiger partial charge in [0.1, 0.15) is 0 Å². The van der Waals surface area contributed by atoms with Gasteiger partial charge in [-0.2, -0.15) is 0 Å². The molecular formula is C18H22N2O5. The van der Waals surface area contributed by atoms with Crippen molar-refractivity contribution in [3.05, 3.63) is 23.8 Å². The van der Waals surface area contributed by atoms with E-state index in [1.54, 1.807) is 7.11 Å². The Morgan fingerprint density at radius 1 is 1.40 bits per heavy atom. The molecule has 2 aliphatic heterocycles. The van der Waals surface area contributed by atoms with Crippen molar-refractivity contribution in [2.24, 2.45) is 5.16 Å². The van der Waals surface area contributed by atoms with Crippen LogP contribution in [0.3, 0.4) is 0 Å². The number of methoxy groups -OCH3 is 1. The number of rotatable bonds is 6. The van der Waals surface area contributed by atoms with E-state index in [2.05, 4.69) is 10.5 Å². The maximum atomic E-state index is 11.8. The fourth-order valence-corrected chi connectivity index (χ4v) is 3.09. The number of nitrogens with zero attached hydrogens (tertiary/aromatic N) is 1. The largest absolute Gasteiger partial charge is 0.493 e. The van der Waals surface area contributed by atoms with Gasteiger partial charge in [0.15, 0.2) is 23.7 Å². The van der Waals surface area contributed by atoms with Gasteiger partial charge in [0.05, 0.1) is 26.0 Å². The first kappa shape index (κ1) is 16.2. The van der Waals surface area contributed by atoms with Gasteiger partial charge in [0, 0.05) is 24.4 Å². The quantitative estimate of drug-likeness (QED) is 0.847. The monoisotopic (exact) mass is 346 g/mol. The van der Waals surface area contributed by atoms with E-state index in [1.807, 2.05) is 18.2 Å². The molecule has 1 saturated carbocycles. The summed E-state index contributed by atoms with van der Waals surface area (Å²) in [6.07, 6.45) is 3.66. The second kappa shape index (κ2) is 6.55. The van der Waals surface area contributed by atoms with Crippen LogP contribution in [0.1, 0.15) is 31.2 Å². The lowest BCUT2D eigenvalue weighted by molar-refractivity contribution is -0.123. The number of hydrogen-bond acceptors (Lipinski definition) is 6. The van der Waals surface area contributed by atoms with Crippen molar-refractivity contribution in [2.75, 3.05) is 26.9 Å². The van der Waals surface area contributed by atoms with Crippen LogP contribution in [0.25, 0.3) is 0 Å². The average Bonchev–Trinajstić information content (AvgIpc) is 3.17. The Balaban J connectivity index is 1.45. The molecule has 2 heterocycles. The number of benzene rings is 1. The molecule has 134 valence electrons. The van der Waals surface area contributed by atoms with Gasteiger partial charge in [0.25, 0.3) is 5.91 Å². The molecule has 1 saturated heterocycles. The Morgan fingerprint density at radius 3 is 3.00 bits per heavy atom.